The Morgan fingerprint density at radius 2 is 1.90 bits per heavy atom. The minimum atomic E-state index is -0.410. The minimum Gasteiger partial charge on any atom is -0.494 e. The van der Waals surface area contributed by atoms with Gasteiger partial charge in [0.2, 0.25) is 0 Å². The molecule has 0 unspecified atom stereocenters. The van der Waals surface area contributed by atoms with Gasteiger partial charge in [0.15, 0.2) is 5.83 Å². The summed E-state index contributed by atoms with van der Waals surface area (Å²) in [7, 11) is 1.38. The van der Waals surface area contributed by atoms with Crippen molar-refractivity contribution in [1.29, 1.82) is 0 Å². The number of hydrogen-bond acceptors (Lipinski definition) is 1. The lowest BCUT2D eigenvalue weighted by molar-refractivity contribution is 0.285. The first-order valence-electron chi connectivity index (χ1n) is 3.27. The predicted molar refractivity (Wildman–Crippen MR) is 42.4 cm³/mol. The standard InChI is InChI=1S/C6H9FO.C2H6/c1-4-6(7)5(2)8-3;1-2/h4H,2H2,1,3H3;1-2H3/b6-4+;. The lowest BCUT2D eigenvalue weighted by Gasteiger charge is -1.96. The van der Waals surface area contributed by atoms with Crippen LogP contribution in [0.3, 0.4) is 0 Å². The summed E-state index contributed by atoms with van der Waals surface area (Å²) in [5, 5.41) is 0. The lowest BCUT2D eigenvalue weighted by atomic mass is 10.4. The lowest BCUT2D eigenvalue weighted by Crippen LogP contribution is -1.82. The molecule has 0 radical (unpaired) electrons. The SMILES string of the molecule is C=C(OC)/C(F)=C\C.CC. The van der Waals surface area contributed by atoms with Crippen LogP contribution in [0.5, 0.6) is 0 Å². The van der Waals surface area contributed by atoms with Gasteiger partial charge in [-0.05, 0) is 13.0 Å². The van der Waals surface area contributed by atoms with Crippen LogP contribution < -0.4 is 0 Å². The number of methoxy groups -OCH3 is 1. The first-order chi connectivity index (χ1) is 4.72. The molecule has 2 heteroatoms. The molecule has 0 aromatic carbocycles. The van der Waals surface area contributed by atoms with Crippen molar-refractivity contribution < 1.29 is 9.13 Å². The van der Waals surface area contributed by atoms with E-state index in [1.165, 1.54) is 13.2 Å². The number of ether oxygens (including phenoxy) is 1. The molecule has 0 saturated heterocycles. The van der Waals surface area contributed by atoms with E-state index < -0.39 is 5.83 Å². The van der Waals surface area contributed by atoms with Gasteiger partial charge in [0.1, 0.15) is 5.76 Å². The molecule has 0 aromatic rings. The van der Waals surface area contributed by atoms with E-state index in [0.717, 1.165) is 0 Å². The molecule has 0 N–H and O–H groups in total. The third-order valence-electron chi connectivity index (χ3n) is 0.766. The Labute approximate surface area is 62.2 Å². The van der Waals surface area contributed by atoms with Gasteiger partial charge >= 0.3 is 0 Å². The van der Waals surface area contributed by atoms with Crippen LogP contribution in [0.25, 0.3) is 0 Å². The fourth-order valence-electron chi connectivity index (χ4n) is 0.258. The number of hydrogen-bond donors (Lipinski definition) is 0. The van der Waals surface area contributed by atoms with Crippen LogP contribution in [0, 0.1) is 0 Å². The van der Waals surface area contributed by atoms with Crippen molar-refractivity contribution in [2.45, 2.75) is 20.8 Å². The van der Waals surface area contributed by atoms with Crippen molar-refractivity contribution in [2.24, 2.45) is 0 Å². The molecular formula is C8H15FO. The summed E-state index contributed by atoms with van der Waals surface area (Å²) in [6, 6.07) is 0. The smallest absolute Gasteiger partial charge is 0.160 e. The normalized spacial score (nSPS) is 9.50. The van der Waals surface area contributed by atoms with Crippen molar-refractivity contribution in [3.05, 3.63) is 24.2 Å². The van der Waals surface area contributed by atoms with Gasteiger partial charge in [0.25, 0.3) is 0 Å². The predicted octanol–water partition coefficient (Wildman–Crippen LogP) is 3.05. The molecule has 0 fully saturated rings. The van der Waals surface area contributed by atoms with Crippen molar-refractivity contribution in [3.8, 4) is 0 Å². The number of halogens is 1. The Balaban J connectivity index is 0. The van der Waals surface area contributed by atoms with Crippen molar-refractivity contribution in [2.75, 3.05) is 7.11 Å². The van der Waals surface area contributed by atoms with Crippen LogP contribution in [0.4, 0.5) is 4.39 Å². The van der Waals surface area contributed by atoms with E-state index in [9.17, 15) is 4.39 Å². The summed E-state index contributed by atoms with van der Waals surface area (Å²) in [5.41, 5.74) is 0. The van der Waals surface area contributed by atoms with E-state index in [2.05, 4.69) is 11.3 Å². The average Bonchev–Trinajstić information content (AvgIpc) is 2.05. The van der Waals surface area contributed by atoms with E-state index in [1.54, 1.807) is 6.92 Å². The molecule has 0 atom stereocenters. The highest BCUT2D eigenvalue weighted by molar-refractivity contribution is 5.13. The summed E-state index contributed by atoms with van der Waals surface area (Å²) in [6.07, 6.45) is 1.30. The van der Waals surface area contributed by atoms with E-state index in [1.807, 2.05) is 13.8 Å². The highest BCUT2D eigenvalue weighted by Crippen LogP contribution is 2.07. The zero-order valence-corrected chi connectivity index (χ0v) is 7.07. The van der Waals surface area contributed by atoms with Crippen LogP contribution in [0.1, 0.15) is 20.8 Å². The Hall–Kier alpha value is -0.790. The number of allylic oxidation sites excluding steroid dienone is 2. The zero-order valence-electron chi connectivity index (χ0n) is 7.07. The molecule has 10 heavy (non-hydrogen) atoms. The average molecular weight is 146 g/mol. The summed E-state index contributed by atoms with van der Waals surface area (Å²) < 4.78 is 16.6. The monoisotopic (exact) mass is 146 g/mol. The van der Waals surface area contributed by atoms with E-state index in [4.69, 9.17) is 0 Å². The van der Waals surface area contributed by atoms with Crippen LogP contribution >= 0.6 is 0 Å². The molecule has 0 aliphatic heterocycles. The molecule has 0 spiro atoms. The molecular weight excluding hydrogens is 131 g/mol. The maximum Gasteiger partial charge on any atom is 0.160 e. The Morgan fingerprint density at radius 3 is 2.00 bits per heavy atom. The van der Waals surface area contributed by atoms with Crippen LogP contribution in [-0.4, -0.2) is 7.11 Å². The zero-order chi connectivity index (χ0) is 8.57. The second-order valence-corrected chi connectivity index (χ2v) is 1.26. The third kappa shape index (κ3) is 5.35. The van der Waals surface area contributed by atoms with Crippen LogP contribution in [-0.2, 0) is 4.74 Å². The van der Waals surface area contributed by atoms with Crippen LogP contribution in [0.2, 0.25) is 0 Å². The third-order valence-corrected chi connectivity index (χ3v) is 0.766. The fourth-order valence-corrected chi connectivity index (χ4v) is 0.258. The number of rotatable bonds is 2. The fraction of sp³-hybridized carbons (Fsp3) is 0.500. The molecule has 0 aliphatic carbocycles. The molecule has 0 amide bonds. The van der Waals surface area contributed by atoms with Gasteiger partial charge in [-0.15, -0.1) is 0 Å². The van der Waals surface area contributed by atoms with Gasteiger partial charge < -0.3 is 4.74 Å². The minimum absolute atomic E-state index is 0.0764. The topological polar surface area (TPSA) is 9.23 Å². The molecule has 60 valence electrons. The largest absolute Gasteiger partial charge is 0.494 e. The highest BCUT2D eigenvalue weighted by atomic mass is 19.1. The molecule has 1 nitrogen and oxygen atoms in total. The highest BCUT2D eigenvalue weighted by Gasteiger charge is 1.95. The van der Waals surface area contributed by atoms with E-state index in [0.29, 0.717) is 0 Å². The summed E-state index contributed by atoms with van der Waals surface area (Å²) in [4.78, 5) is 0. The van der Waals surface area contributed by atoms with E-state index in [-0.39, 0.29) is 5.76 Å². The second kappa shape index (κ2) is 8.21. The maximum absolute atomic E-state index is 12.2. The first kappa shape index (κ1) is 11.9. The first-order valence-corrected chi connectivity index (χ1v) is 3.27. The molecule has 0 aliphatic rings. The van der Waals surface area contributed by atoms with E-state index >= 15 is 0 Å². The maximum atomic E-state index is 12.2. The Morgan fingerprint density at radius 1 is 1.50 bits per heavy atom. The van der Waals surface area contributed by atoms with Crippen molar-refractivity contribution >= 4 is 0 Å². The quantitative estimate of drug-likeness (QED) is 0.429. The Kier molecular flexibility index (Phi) is 9.80. The van der Waals surface area contributed by atoms with Crippen LogP contribution in [0.15, 0.2) is 24.2 Å². The molecule has 0 bridgehead atoms. The Bertz CT molecular complexity index is 116. The summed E-state index contributed by atoms with van der Waals surface area (Å²) in [6.45, 7) is 8.86. The van der Waals surface area contributed by atoms with Gasteiger partial charge in [-0.25, -0.2) is 4.39 Å². The molecule has 0 aromatic heterocycles. The molecule has 0 rings (SSSR count). The summed E-state index contributed by atoms with van der Waals surface area (Å²) in [5.74, 6) is -0.333. The second-order valence-electron chi connectivity index (χ2n) is 1.26. The van der Waals surface area contributed by atoms with Gasteiger partial charge in [-0.1, -0.05) is 20.4 Å². The van der Waals surface area contributed by atoms with Gasteiger partial charge in [0, 0.05) is 0 Å². The van der Waals surface area contributed by atoms with Gasteiger partial charge in [-0.3, -0.25) is 0 Å². The van der Waals surface area contributed by atoms with Crippen molar-refractivity contribution in [3.63, 3.8) is 0 Å². The van der Waals surface area contributed by atoms with Gasteiger partial charge in [-0.2, -0.15) is 0 Å². The summed E-state index contributed by atoms with van der Waals surface area (Å²) >= 11 is 0. The molecule has 0 saturated carbocycles. The van der Waals surface area contributed by atoms with Crippen molar-refractivity contribution in [1.82, 2.24) is 0 Å². The van der Waals surface area contributed by atoms with Gasteiger partial charge in [0.05, 0.1) is 7.11 Å². The molecule has 0 heterocycles.